The van der Waals surface area contributed by atoms with Crippen LogP contribution in [0.1, 0.15) is 45.0 Å². The first-order valence-electron chi connectivity index (χ1n) is 19.7. The zero-order valence-electron chi connectivity index (χ0n) is 34.5. The van der Waals surface area contributed by atoms with Gasteiger partial charge in [0.05, 0.1) is 29.1 Å². The monoisotopic (exact) mass is 835 g/mol. The molecule has 2 aliphatic heterocycles. The molecular weight excluding hydrogens is 794 g/mol. The van der Waals surface area contributed by atoms with Crippen molar-refractivity contribution >= 4 is 46.4 Å². The third-order valence-electron chi connectivity index (χ3n) is 10.6. The normalized spacial score (nSPS) is 11.2. The van der Waals surface area contributed by atoms with Gasteiger partial charge in [0.15, 0.2) is 0 Å². The zero-order chi connectivity index (χ0) is 41.8. The number of rotatable bonds is 4. The van der Waals surface area contributed by atoms with Gasteiger partial charge in [-0.25, -0.2) is 15.0 Å². The van der Waals surface area contributed by atoms with Crippen LogP contribution in [0.15, 0.2) is 140 Å². The Morgan fingerprint density at radius 2 is 0.689 bits per heavy atom. The van der Waals surface area contributed by atoms with Crippen LogP contribution in [0, 0.1) is 32.6 Å². The Bertz CT molecular complexity index is 2660. The number of hydrogen-bond acceptors (Lipinski definition) is 4. The van der Waals surface area contributed by atoms with E-state index in [4.69, 9.17) is 30.4 Å². The van der Waals surface area contributed by atoms with Crippen LogP contribution in [-0.2, 0) is 24.1 Å². The summed E-state index contributed by atoms with van der Waals surface area (Å²) in [5, 5.41) is 0. The third-order valence-corrected chi connectivity index (χ3v) is 10.6. The molecule has 0 radical (unpaired) electrons. The second kappa shape index (κ2) is 18.4. The molecule has 0 saturated carbocycles. The average Bonchev–Trinajstić information content (AvgIpc) is 4.13. The summed E-state index contributed by atoms with van der Waals surface area (Å²) in [4.78, 5) is 32.5. The van der Waals surface area contributed by atoms with Crippen molar-refractivity contribution in [2.45, 2.75) is 27.7 Å². The zero-order valence-corrected chi connectivity index (χ0v) is 35.7. The molecule has 0 spiro atoms. The van der Waals surface area contributed by atoms with Crippen LogP contribution in [0.3, 0.4) is 0 Å². The Morgan fingerprint density at radius 3 is 0.885 bits per heavy atom. The van der Waals surface area contributed by atoms with Gasteiger partial charge in [0.25, 0.3) is 0 Å². The largest absolute Gasteiger partial charge is 3.00 e. The van der Waals surface area contributed by atoms with Crippen LogP contribution < -0.4 is 9.97 Å². The van der Waals surface area contributed by atoms with Crippen molar-refractivity contribution < 1.29 is 17.1 Å². The molecule has 0 N–H and O–H groups in total. The summed E-state index contributed by atoms with van der Waals surface area (Å²) in [5.41, 5.74) is 25.7. The summed E-state index contributed by atoms with van der Waals surface area (Å²) in [6, 6.07) is 43.0. The second-order valence-corrected chi connectivity index (χ2v) is 15.1. The smallest absolute Gasteiger partial charge is 0.657 e. The number of nitroso groups, excluding NO2 is 1. The molecule has 61 heavy (non-hydrogen) atoms. The number of benzene rings is 4. The number of aryl methyl sites for hydroxylation is 5. The maximum absolute atomic E-state index is 7.25. The maximum atomic E-state index is 7.25. The Hall–Kier alpha value is -7.19. The van der Waals surface area contributed by atoms with E-state index in [0.29, 0.717) is 0 Å². The van der Waals surface area contributed by atoms with Crippen molar-refractivity contribution in [3.63, 3.8) is 0 Å². The minimum Gasteiger partial charge on any atom is -0.657 e. The minimum absolute atomic E-state index is 0. The molecule has 0 atom stereocenters. The quantitative estimate of drug-likeness (QED) is 0.163. The van der Waals surface area contributed by atoms with Gasteiger partial charge < -0.3 is 25.0 Å². The molecule has 8 aromatic rings. The predicted molar refractivity (Wildman–Crippen MR) is 247 cm³/mol. The van der Waals surface area contributed by atoms with Gasteiger partial charge >= 0.3 is 17.1 Å². The fraction of sp³-hybridized carbons (Fsp3) is 0.0962. The predicted octanol–water partition coefficient (Wildman–Crippen LogP) is 12.6. The summed E-state index contributed by atoms with van der Waals surface area (Å²) in [6.45, 7) is 8.45. The van der Waals surface area contributed by atoms with Gasteiger partial charge in [-0.1, -0.05) is 144 Å². The van der Waals surface area contributed by atoms with Crippen LogP contribution in [0.25, 0.3) is 96.5 Å². The minimum atomic E-state index is 0. The first kappa shape index (κ1) is 42.0. The fourth-order valence-electron chi connectivity index (χ4n) is 7.48. The summed E-state index contributed by atoms with van der Waals surface area (Å²) in [7, 11) is 1.94. The van der Waals surface area contributed by atoms with Crippen molar-refractivity contribution in [2.24, 2.45) is 7.05 Å². The molecule has 9 heteroatoms. The van der Waals surface area contributed by atoms with Gasteiger partial charge in [-0.15, -0.1) is 22.1 Å². The summed E-state index contributed by atoms with van der Waals surface area (Å²) in [6.07, 6.45) is 13.9. The molecule has 0 aliphatic carbocycles. The van der Waals surface area contributed by atoms with E-state index in [2.05, 4.69) is 178 Å². The summed E-state index contributed by atoms with van der Waals surface area (Å²) < 4.78 is 1.89. The molecule has 8 nitrogen and oxygen atoms in total. The van der Waals surface area contributed by atoms with E-state index < -0.39 is 0 Å². The molecule has 298 valence electrons. The van der Waals surface area contributed by atoms with Gasteiger partial charge in [-0.05, 0) is 96.5 Å². The van der Waals surface area contributed by atoms with E-state index in [0.717, 1.165) is 89.4 Å². The van der Waals surface area contributed by atoms with Crippen LogP contribution >= 0.6 is 0 Å². The topological polar surface area (TPSA) is 111 Å². The van der Waals surface area contributed by atoms with E-state index >= 15 is 0 Å². The van der Waals surface area contributed by atoms with Crippen molar-refractivity contribution in [3.8, 4) is 44.5 Å². The maximum Gasteiger partial charge on any atom is 3.00 e. The number of imidazole rings is 1. The molecule has 4 aromatic carbocycles. The van der Waals surface area contributed by atoms with Gasteiger partial charge in [0, 0.05) is 19.4 Å². The molecule has 0 unspecified atom stereocenters. The summed E-state index contributed by atoms with van der Waals surface area (Å²) >= 11 is 0. The standard InChI is InChI=1S/C48H36N4.C4H6N2.Mn.NO/c1-29-5-13-33(14-6-29)45-37-21-23-39(49-37)46(34-15-7-30(2)8-16-34)41-25-27-43(51-41)48(36-19-11-32(4)12-20-36)44-28-26-42(52-44)47(40-24-22-38(45)50-40)35-17-9-31(3)10-18-35;1-6-3-2-5-4-6;;1-2/h5-28H,1-4H3;2-4H,1H3;;/q-2;;+3;-1. The Morgan fingerprint density at radius 1 is 0.426 bits per heavy atom. The third kappa shape index (κ3) is 8.89. The van der Waals surface area contributed by atoms with Gasteiger partial charge in [0.2, 0.25) is 0 Å². The molecule has 8 bridgehead atoms. The molecule has 0 fully saturated rings. The number of aromatic nitrogens is 6. The van der Waals surface area contributed by atoms with E-state index in [1.54, 1.807) is 12.5 Å². The molecule has 2 aliphatic rings. The van der Waals surface area contributed by atoms with Crippen LogP contribution in [0.2, 0.25) is 0 Å². The summed E-state index contributed by atoms with van der Waals surface area (Å²) in [5.74, 6) is 0. The fourth-order valence-corrected chi connectivity index (χ4v) is 7.48. The van der Waals surface area contributed by atoms with Crippen molar-refractivity contribution in [2.75, 3.05) is 0 Å². The van der Waals surface area contributed by atoms with Crippen molar-refractivity contribution in [3.05, 3.63) is 196 Å². The van der Waals surface area contributed by atoms with Gasteiger partial charge in [-0.3, -0.25) is 0 Å². The number of hydrogen-bond donors (Lipinski definition) is 0. The number of nitrogens with zero attached hydrogens (tertiary/aromatic N) is 7. The Balaban J connectivity index is 0.000000569. The SMILES string of the molecule is Cc1ccc(-c2c3nc(c(-c4ccc(C)cc4)c4ccc([n-]4)c(-c4ccc(C)cc4)c4nc(c(-c5ccc(C)cc5)c5ccc2[n-]5)C=C4)C=C3)cc1.Cn1ccnc1.[Mn+3].[N-]=O. The van der Waals surface area contributed by atoms with Crippen LogP contribution in [0.4, 0.5) is 0 Å². The molecule has 0 amide bonds. The van der Waals surface area contributed by atoms with Crippen molar-refractivity contribution in [1.82, 2.24) is 29.5 Å². The van der Waals surface area contributed by atoms with Crippen LogP contribution in [-0.4, -0.2) is 19.5 Å². The van der Waals surface area contributed by atoms with E-state index in [1.165, 1.54) is 22.3 Å². The van der Waals surface area contributed by atoms with Crippen LogP contribution in [0.5, 0.6) is 0 Å². The average molecular weight is 836 g/mol. The molecule has 10 rings (SSSR count). The second-order valence-electron chi connectivity index (χ2n) is 15.1. The van der Waals surface area contributed by atoms with E-state index in [1.807, 2.05) is 17.8 Å². The Kier molecular flexibility index (Phi) is 12.6. The van der Waals surface area contributed by atoms with Gasteiger partial charge in [0.1, 0.15) is 0 Å². The van der Waals surface area contributed by atoms with Crippen molar-refractivity contribution in [1.29, 1.82) is 0 Å². The number of fused-ring (bicyclic) bond motifs is 8. The van der Waals surface area contributed by atoms with E-state index in [-0.39, 0.29) is 17.1 Å². The first-order valence-corrected chi connectivity index (χ1v) is 19.7. The molecule has 6 heterocycles. The van der Waals surface area contributed by atoms with Gasteiger partial charge in [-0.2, -0.15) is 0 Å². The molecule has 0 saturated heterocycles. The Labute approximate surface area is 366 Å². The first-order chi connectivity index (χ1) is 29.3. The molecule has 4 aromatic heterocycles. The molecular formula is C52H42MnN7O. The van der Waals surface area contributed by atoms with E-state index in [9.17, 15) is 0 Å².